The maximum atomic E-state index is 6.32. The van der Waals surface area contributed by atoms with Crippen LogP contribution in [0.25, 0.3) is 0 Å². The van der Waals surface area contributed by atoms with Crippen molar-refractivity contribution < 1.29 is 18.9 Å². The van der Waals surface area contributed by atoms with Gasteiger partial charge in [-0.2, -0.15) is 0 Å². The fourth-order valence-corrected chi connectivity index (χ4v) is 4.67. The second-order valence-corrected chi connectivity index (χ2v) is 9.92. The van der Waals surface area contributed by atoms with E-state index in [2.05, 4.69) is 48.5 Å². The van der Waals surface area contributed by atoms with Crippen LogP contribution in [-0.4, -0.2) is 7.11 Å². The number of benzene rings is 5. The topological polar surface area (TPSA) is 36.9 Å². The summed E-state index contributed by atoms with van der Waals surface area (Å²) in [4.78, 5) is 0. The normalized spacial score (nSPS) is 10.7. The van der Waals surface area contributed by atoms with Crippen molar-refractivity contribution >= 4 is 0 Å². The van der Waals surface area contributed by atoms with E-state index < -0.39 is 0 Å². The summed E-state index contributed by atoms with van der Waals surface area (Å²) in [5.41, 5.74) is 5.73. The fourth-order valence-electron chi connectivity index (χ4n) is 4.67. The van der Waals surface area contributed by atoms with Crippen molar-refractivity contribution in [2.45, 2.75) is 39.1 Å². The Bertz CT molecular complexity index is 1480. The first-order valence-electron chi connectivity index (χ1n) is 14.1. The van der Waals surface area contributed by atoms with Crippen LogP contribution in [0.15, 0.2) is 127 Å². The van der Waals surface area contributed by atoms with Crippen molar-refractivity contribution in [1.29, 1.82) is 0 Å². The van der Waals surface area contributed by atoms with E-state index in [0.29, 0.717) is 19.8 Å². The van der Waals surface area contributed by atoms with Gasteiger partial charge >= 0.3 is 0 Å². The van der Waals surface area contributed by atoms with Crippen LogP contribution < -0.4 is 18.9 Å². The molecule has 0 fully saturated rings. The second kappa shape index (κ2) is 14.6. The first kappa shape index (κ1) is 27.9. The predicted molar refractivity (Wildman–Crippen MR) is 164 cm³/mol. The minimum absolute atomic E-state index is 0.508. The third kappa shape index (κ3) is 8.39. The van der Waals surface area contributed by atoms with Gasteiger partial charge in [-0.3, -0.25) is 0 Å². The van der Waals surface area contributed by atoms with Crippen molar-refractivity contribution in [3.63, 3.8) is 0 Å². The van der Waals surface area contributed by atoms with Gasteiger partial charge in [-0.25, -0.2) is 0 Å². The summed E-state index contributed by atoms with van der Waals surface area (Å²) in [6.45, 7) is 1.55. The van der Waals surface area contributed by atoms with Gasteiger partial charge in [0.05, 0.1) is 7.11 Å². The molecular weight excluding hydrogens is 508 g/mol. The monoisotopic (exact) mass is 544 g/mol. The highest BCUT2D eigenvalue weighted by molar-refractivity contribution is 5.43. The summed E-state index contributed by atoms with van der Waals surface area (Å²) < 4.78 is 24.1. The zero-order valence-electron chi connectivity index (χ0n) is 23.5. The smallest absolute Gasteiger partial charge is 0.126 e. The van der Waals surface area contributed by atoms with Crippen LogP contribution in [0.4, 0.5) is 0 Å². The molecule has 5 aromatic carbocycles. The summed E-state index contributed by atoms with van der Waals surface area (Å²) in [5, 5.41) is 0. The molecular formula is C37H36O4. The summed E-state index contributed by atoms with van der Waals surface area (Å²) in [5.74, 6) is 3.31. The highest BCUT2D eigenvalue weighted by atomic mass is 16.5. The van der Waals surface area contributed by atoms with Gasteiger partial charge in [0, 0.05) is 12.1 Å². The lowest BCUT2D eigenvalue weighted by Gasteiger charge is -2.15. The van der Waals surface area contributed by atoms with Crippen LogP contribution in [0, 0.1) is 0 Å². The van der Waals surface area contributed by atoms with E-state index >= 15 is 0 Å². The van der Waals surface area contributed by atoms with Crippen LogP contribution >= 0.6 is 0 Å². The number of hydrogen-bond acceptors (Lipinski definition) is 4. The maximum absolute atomic E-state index is 6.32. The molecule has 0 saturated carbocycles. The number of aryl methyl sites for hydroxylation is 2. The van der Waals surface area contributed by atoms with Gasteiger partial charge in [-0.05, 0) is 59.2 Å². The Kier molecular flexibility index (Phi) is 9.93. The molecule has 0 bridgehead atoms. The van der Waals surface area contributed by atoms with E-state index in [1.54, 1.807) is 7.11 Å². The third-order valence-electron chi connectivity index (χ3n) is 6.92. The summed E-state index contributed by atoms with van der Waals surface area (Å²) in [7, 11) is 1.71. The van der Waals surface area contributed by atoms with Gasteiger partial charge in [0.2, 0.25) is 0 Å². The fraction of sp³-hybridized carbons (Fsp3) is 0.189. The van der Waals surface area contributed by atoms with E-state index in [0.717, 1.165) is 70.1 Å². The standard InChI is InChI=1S/C37H36O4/c1-38-36-24-34(39-26-29-12-5-2-6-13-29)22-20-32(36)18-11-19-33-21-23-35(40-27-30-14-7-3-8-15-30)25-37(33)41-28-31-16-9-4-10-17-31/h2-10,12-17,20-25H,11,18-19,26-28H2,1H3. The summed E-state index contributed by atoms with van der Waals surface area (Å²) in [6.07, 6.45) is 2.71. The van der Waals surface area contributed by atoms with Gasteiger partial charge in [-0.15, -0.1) is 0 Å². The number of rotatable bonds is 14. The predicted octanol–water partition coefficient (Wildman–Crippen LogP) is 8.61. The molecule has 0 aliphatic carbocycles. The van der Waals surface area contributed by atoms with Crippen LogP contribution in [0.1, 0.15) is 34.2 Å². The van der Waals surface area contributed by atoms with E-state index in [1.165, 1.54) is 0 Å². The quantitative estimate of drug-likeness (QED) is 0.140. The van der Waals surface area contributed by atoms with E-state index in [9.17, 15) is 0 Å². The van der Waals surface area contributed by atoms with Gasteiger partial charge in [0.1, 0.15) is 42.8 Å². The van der Waals surface area contributed by atoms with Crippen LogP contribution in [-0.2, 0) is 32.7 Å². The number of methoxy groups -OCH3 is 1. The highest BCUT2D eigenvalue weighted by Crippen LogP contribution is 2.30. The molecule has 0 aliphatic heterocycles. The number of hydrogen-bond donors (Lipinski definition) is 0. The van der Waals surface area contributed by atoms with Crippen molar-refractivity contribution in [1.82, 2.24) is 0 Å². The second-order valence-electron chi connectivity index (χ2n) is 9.92. The Hall–Kier alpha value is -4.70. The minimum Gasteiger partial charge on any atom is -0.496 e. The molecule has 0 aromatic heterocycles. The van der Waals surface area contributed by atoms with Crippen LogP contribution in [0.2, 0.25) is 0 Å². The Labute approximate surface area is 243 Å². The molecule has 41 heavy (non-hydrogen) atoms. The largest absolute Gasteiger partial charge is 0.496 e. The van der Waals surface area contributed by atoms with Crippen molar-refractivity contribution in [3.8, 4) is 23.0 Å². The Morgan fingerprint density at radius 3 is 1.32 bits per heavy atom. The van der Waals surface area contributed by atoms with Gasteiger partial charge in [0.25, 0.3) is 0 Å². The lowest BCUT2D eigenvalue weighted by Crippen LogP contribution is -2.02. The van der Waals surface area contributed by atoms with E-state index in [4.69, 9.17) is 18.9 Å². The zero-order chi connectivity index (χ0) is 28.1. The van der Waals surface area contributed by atoms with Crippen LogP contribution in [0.3, 0.4) is 0 Å². The van der Waals surface area contributed by atoms with E-state index in [-0.39, 0.29) is 0 Å². The first-order valence-corrected chi connectivity index (χ1v) is 14.1. The molecule has 0 heterocycles. The lowest BCUT2D eigenvalue weighted by molar-refractivity contribution is 0.287. The molecule has 0 atom stereocenters. The van der Waals surface area contributed by atoms with Gasteiger partial charge < -0.3 is 18.9 Å². The molecule has 0 spiro atoms. The van der Waals surface area contributed by atoms with Crippen molar-refractivity contribution in [2.75, 3.05) is 7.11 Å². The SMILES string of the molecule is COc1cc(OCc2ccccc2)ccc1CCCc1ccc(OCc2ccccc2)cc1OCc1ccccc1. The molecule has 0 saturated heterocycles. The van der Waals surface area contributed by atoms with Crippen LogP contribution in [0.5, 0.6) is 23.0 Å². The number of ether oxygens (including phenoxy) is 4. The third-order valence-corrected chi connectivity index (χ3v) is 6.92. The Morgan fingerprint density at radius 2 is 0.854 bits per heavy atom. The molecule has 208 valence electrons. The highest BCUT2D eigenvalue weighted by Gasteiger charge is 2.10. The summed E-state index contributed by atoms with van der Waals surface area (Å²) in [6, 6.07) is 42.9. The summed E-state index contributed by atoms with van der Waals surface area (Å²) >= 11 is 0. The lowest BCUT2D eigenvalue weighted by atomic mass is 10.0. The molecule has 0 aliphatic rings. The minimum atomic E-state index is 0.508. The molecule has 5 rings (SSSR count). The molecule has 4 heteroatoms. The maximum Gasteiger partial charge on any atom is 0.126 e. The van der Waals surface area contributed by atoms with Crippen molar-refractivity contribution in [3.05, 3.63) is 155 Å². The van der Waals surface area contributed by atoms with Gasteiger partial charge in [-0.1, -0.05) is 103 Å². The molecule has 5 aromatic rings. The first-order chi connectivity index (χ1) is 20.3. The molecule has 0 radical (unpaired) electrons. The Morgan fingerprint density at radius 1 is 0.439 bits per heavy atom. The van der Waals surface area contributed by atoms with Crippen molar-refractivity contribution in [2.24, 2.45) is 0 Å². The van der Waals surface area contributed by atoms with Gasteiger partial charge in [0.15, 0.2) is 0 Å². The van der Waals surface area contributed by atoms with E-state index in [1.807, 2.05) is 78.9 Å². The molecule has 0 amide bonds. The molecule has 0 unspecified atom stereocenters. The zero-order valence-corrected chi connectivity index (χ0v) is 23.5. The molecule has 4 nitrogen and oxygen atoms in total. The average molecular weight is 545 g/mol. The Balaban J connectivity index is 1.22. The average Bonchev–Trinajstić information content (AvgIpc) is 3.04. The molecule has 0 N–H and O–H groups in total.